The average molecular weight is 420 g/mol. The number of amides is 1. The van der Waals surface area contributed by atoms with Crippen LogP contribution in [0.25, 0.3) is 0 Å². The van der Waals surface area contributed by atoms with Crippen molar-refractivity contribution < 1.29 is 23.8 Å². The van der Waals surface area contributed by atoms with Gasteiger partial charge in [0, 0.05) is 6.08 Å². The van der Waals surface area contributed by atoms with Crippen LogP contribution in [0, 0.1) is 5.92 Å². The second-order valence-electron chi connectivity index (χ2n) is 6.41. The van der Waals surface area contributed by atoms with Crippen LogP contribution in [0.15, 0.2) is 39.4 Å². The minimum Gasteiger partial charge on any atom is -0.490 e. The van der Waals surface area contributed by atoms with Gasteiger partial charge in [-0.05, 0) is 54.8 Å². The van der Waals surface area contributed by atoms with E-state index in [1.807, 2.05) is 25.1 Å². The molecule has 8 nitrogen and oxygen atoms in total. The SMILES string of the molecule is CCOc1cc(C=N/N=C2/NC(=O)/C(=C\C(=O)OC)S2)ccc1OCCC(C)C. The molecule has 0 spiro atoms. The van der Waals surface area contributed by atoms with Gasteiger partial charge in [0.05, 0.1) is 31.4 Å². The molecule has 0 unspecified atom stereocenters. The number of hydrogen-bond donors (Lipinski definition) is 1. The number of amidine groups is 1. The van der Waals surface area contributed by atoms with Gasteiger partial charge in [0.15, 0.2) is 16.7 Å². The molecular formula is C20H25N3O5S. The normalized spacial score (nSPS) is 16.7. The molecule has 0 aliphatic carbocycles. The maximum atomic E-state index is 11.8. The van der Waals surface area contributed by atoms with Crippen molar-refractivity contribution in [3.05, 3.63) is 34.7 Å². The predicted molar refractivity (Wildman–Crippen MR) is 113 cm³/mol. The van der Waals surface area contributed by atoms with Crippen molar-refractivity contribution in [1.82, 2.24) is 5.32 Å². The van der Waals surface area contributed by atoms with Gasteiger partial charge in [-0.25, -0.2) is 4.79 Å². The first-order valence-electron chi connectivity index (χ1n) is 9.22. The predicted octanol–water partition coefficient (Wildman–Crippen LogP) is 3.12. The summed E-state index contributed by atoms with van der Waals surface area (Å²) < 4.78 is 16.0. The minimum absolute atomic E-state index is 0.201. The lowest BCUT2D eigenvalue weighted by molar-refractivity contribution is -0.135. The average Bonchev–Trinajstić information content (AvgIpc) is 3.02. The van der Waals surface area contributed by atoms with E-state index in [1.165, 1.54) is 7.11 Å². The molecule has 0 bridgehead atoms. The molecule has 0 aromatic heterocycles. The van der Waals surface area contributed by atoms with E-state index in [0.717, 1.165) is 29.8 Å². The maximum Gasteiger partial charge on any atom is 0.331 e. The summed E-state index contributed by atoms with van der Waals surface area (Å²) in [5.41, 5.74) is 0.772. The number of nitrogens with one attached hydrogen (secondary N) is 1. The fourth-order valence-corrected chi connectivity index (χ4v) is 2.93. The summed E-state index contributed by atoms with van der Waals surface area (Å²) in [5.74, 6) is 0.863. The molecule has 1 amide bonds. The fraction of sp³-hybridized carbons (Fsp3) is 0.400. The molecule has 1 saturated heterocycles. The third-order valence-corrected chi connectivity index (χ3v) is 4.58. The molecule has 1 aromatic rings. The number of nitrogens with zero attached hydrogens (tertiary/aromatic N) is 2. The monoisotopic (exact) mass is 419 g/mol. The van der Waals surface area contributed by atoms with Crippen molar-refractivity contribution in [2.45, 2.75) is 27.2 Å². The standard InChI is InChI=1S/C20H25N3O5S/c1-5-27-16-10-14(6-7-15(16)28-9-8-13(2)3)12-21-23-20-22-19(25)17(29-20)11-18(24)26-4/h6-7,10-13H,5,8-9H2,1-4H3,(H,22,23,25)/b17-11+,21-12?. The molecule has 1 N–H and O–H groups in total. The molecule has 0 radical (unpaired) electrons. The zero-order valence-electron chi connectivity index (χ0n) is 16.9. The summed E-state index contributed by atoms with van der Waals surface area (Å²) >= 11 is 1.01. The zero-order chi connectivity index (χ0) is 21.2. The van der Waals surface area contributed by atoms with Crippen molar-refractivity contribution in [3.63, 3.8) is 0 Å². The van der Waals surface area contributed by atoms with Gasteiger partial charge in [-0.2, -0.15) is 5.10 Å². The van der Waals surface area contributed by atoms with Crippen molar-refractivity contribution >= 4 is 35.0 Å². The molecule has 9 heteroatoms. The summed E-state index contributed by atoms with van der Waals surface area (Å²) in [5, 5.41) is 10.8. The summed E-state index contributed by atoms with van der Waals surface area (Å²) in [6.45, 7) is 7.34. The highest BCUT2D eigenvalue weighted by molar-refractivity contribution is 8.18. The lowest BCUT2D eigenvalue weighted by Gasteiger charge is -2.13. The molecule has 2 rings (SSSR count). The van der Waals surface area contributed by atoms with Gasteiger partial charge in [-0.3, -0.25) is 10.1 Å². The Morgan fingerprint density at radius 3 is 2.76 bits per heavy atom. The molecule has 1 aliphatic heterocycles. The Kier molecular flexibility index (Phi) is 8.72. The van der Waals surface area contributed by atoms with Crippen LogP contribution in [-0.4, -0.2) is 43.6 Å². The van der Waals surface area contributed by atoms with Crippen LogP contribution in [0.3, 0.4) is 0 Å². The van der Waals surface area contributed by atoms with E-state index in [2.05, 4.69) is 34.1 Å². The zero-order valence-corrected chi connectivity index (χ0v) is 17.7. The van der Waals surface area contributed by atoms with Crippen molar-refractivity contribution in [3.8, 4) is 11.5 Å². The minimum atomic E-state index is -0.605. The van der Waals surface area contributed by atoms with Gasteiger partial charge in [-0.1, -0.05) is 13.8 Å². The van der Waals surface area contributed by atoms with Crippen LogP contribution < -0.4 is 14.8 Å². The van der Waals surface area contributed by atoms with Crippen molar-refractivity contribution in [2.24, 2.45) is 16.1 Å². The highest BCUT2D eigenvalue weighted by Crippen LogP contribution is 2.28. The third-order valence-electron chi connectivity index (χ3n) is 3.68. The van der Waals surface area contributed by atoms with Gasteiger partial charge < -0.3 is 14.2 Å². The second kappa shape index (κ2) is 11.3. The molecule has 1 fully saturated rings. The number of rotatable bonds is 9. The van der Waals surface area contributed by atoms with Crippen LogP contribution in [0.4, 0.5) is 0 Å². The number of carbonyl (C=O) groups is 2. The first-order valence-corrected chi connectivity index (χ1v) is 10.0. The van der Waals surface area contributed by atoms with Gasteiger partial charge in [0.25, 0.3) is 5.91 Å². The molecular weight excluding hydrogens is 394 g/mol. The molecule has 29 heavy (non-hydrogen) atoms. The second-order valence-corrected chi connectivity index (χ2v) is 7.44. The molecule has 1 aromatic carbocycles. The first-order chi connectivity index (χ1) is 13.9. The van der Waals surface area contributed by atoms with Crippen molar-refractivity contribution in [1.29, 1.82) is 0 Å². The lowest BCUT2D eigenvalue weighted by Crippen LogP contribution is -2.19. The van der Waals surface area contributed by atoms with E-state index in [4.69, 9.17) is 9.47 Å². The van der Waals surface area contributed by atoms with Crippen LogP contribution in [0.5, 0.6) is 11.5 Å². The van der Waals surface area contributed by atoms with Gasteiger partial charge >= 0.3 is 5.97 Å². The first kappa shape index (κ1) is 22.5. The van der Waals surface area contributed by atoms with E-state index in [0.29, 0.717) is 30.6 Å². The summed E-state index contributed by atoms with van der Waals surface area (Å²) in [6.07, 6.45) is 3.61. The molecule has 156 valence electrons. The Bertz CT molecular complexity index is 833. The van der Waals surface area contributed by atoms with E-state index < -0.39 is 11.9 Å². The largest absolute Gasteiger partial charge is 0.490 e. The maximum absolute atomic E-state index is 11.8. The van der Waals surface area contributed by atoms with Gasteiger partial charge in [0.2, 0.25) is 0 Å². The summed E-state index contributed by atoms with van der Waals surface area (Å²) in [7, 11) is 1.24. The number of thioether (sulfide) groups is 1. The molecule has 0 atom stereocenters. The van der Waals surface area contributed by atoms with E-state index in [1.54, 1.807) is 6.21 Å². The molecule has 1 aliphatic rings. The topological polar surface area (TPSA) is 98.6 Å². The van der Waals surface area contributed by atoms with Crippen LogP contribution in [-0.2, 0) is 14.3 Å². The number of benzene rings is 1. The van der Waals surface area contributed by atoms with Gasteiger partial charge in [-0.15, -0.1) is 5.10 Å². The Balaban J connectivity index is 2.05. The number of methoxy groups -OCH3 is 1. The number of ether oxygens (including phenoxy) is 3. The van der Waals surface area contributed by atoms with Gasteiger partial charge in [0.1, 0.15) is 0 Å². The smallest absolute Gasteiger partial charge is 0.331 e. The lowest BCUT2D eigenvalue weighted by atomic mass is 10.1. The van der Waals surface area contributed by atoms with E-state index in [-0.39, 0.29) is 10.1 Å². The molecule has 0 saturated carbocycles. The Morgan fingerprint density at radius 2 is 2.07 bits per heavy atom. The molecule has 1 heterocycles. The number of hydrogen-bond acceptors (Lipinski definition) is 8. The van der Waals surface area contributed by atoms with E-state index in [9.17, 15) is 9.59 Å². The number of esters is 1. The quantitative estimate of drug-likeness (QED) is 0.286. The Hall–Kier alpha value is -2.81. The van der Waals surface area contributed by atoms with Crippen LogP contribution in [0.2, 0.25) is 0 Å². The van der Waals surface area contributed by atoms with Crippen molar-refractivity contribution in [2.75, 3.05) is 20.3 Å². The Labute approximate surface area is 174 Å². The summed E-state index contributed by atoms with van der Waals surface area (Å²) in [4.78, 5) is 23.2. The number of carbonyl (C=O) groups excluding carboxylic acids is 2. The third kappa shape index (κ3) is 7.26. The van der Waals surface area contributed by atoms with Crippen LogP contribution in [0.1, 0.15) is 32.8 Å². The highest BCUT2D eigenvalue weighted by Gasteiger charge is 2.25. The highest BCUT2D eigenvalue weighted by atomic mass is 32.2. The van der Waals surface area contributed by atoms with Crippen LogP contribution >= 0.6 is 11.8 Å². The van der Waals surface area contributed by atoms with E-state index >= 15 is 0 Å². The summed E-state index contributed by atoms with van der Waals surface area (Å²) in [6, 6.07) is 5.50. The Morgan fingerprint density at radius 1 is 1.28 bits per heavy atom. The fourth-order valence-electron chi connectivity index (χ4n) is 2.19.